The second-order valence-electron chi connectivity index (χ2n) is 5.34. The molecule has 1 N–H and O–H groups in total. The van der Waals surface area contributed by atoms with Crippen molar-refractivity contribution in [3.05, 3.63) is 34.3 Å². The topological polar surface area (TPSA) is 21.3 Å². The maximum Gasteiger partial charge on any atom is 0.0949 e. The van der Waals surface area contributed by atoms with Crippen molar-refractivity contribution in [1.29, 1.82) is 0 Å². The predicted octanol–water partition coefficient (Wildman–Crippen LogP) is 4.31. The number of hydrogen-bond donors (Lipinski definition) is 1. The molecular formula is C16H24BrNO. The van der Waals surface area contributed by atoms with E-state index in [1.807, 2.05) is 0 Å². The van der Waals surface area contributed by atoms with E-state index in [0.29, 0.717) is 0 Å². The smallest absolute Gasteiger partial charge is 0.0949 e. The summed E-state index contributed by atoms with van der Waals surface area (Å²) in [7, 11) is 0. The van der Waals surface area contributed by atoms with Crippen molar-refractivity contribution in [2.75, 3.05) is 19.7 Å². The van der Waals surface area contributed by atoms with Gasteiger partial charge in [-0.05, 0) is 43.0 Å². The van der Waals surface area contributed by atoms with Gasteiger partial charge < -0.3 is 10.1 Å². The van der Waals surface area contributed by atoms with Crippen LogP contribution in [0.1, 0.15) is 44.3 Å². The van der Waals surface area contributed by atoms with E-state index in [1.165, 1.54) is 31.2 Å². The molecule has 0 aromatic heterocycles. The van der Waals surface area contributed by atoms with Crippen LogP contribution in [-0.4, -0.2) is 19.7 Å². The lowest BCUT2D eigenvalue weighted by molar-refractivity contribution is 0.0297. The standard InChI is InChI=1S/C16H24BrNO/c1-2-18-11-16(14-8-5-9-15(17)10-14)19-12-13-6-3-4-7-13/h5,8-10,13,16,18H,2-4,6-7,11-12H2,1H3. The number of halogens is 1. The second kappa shape index (κ2) is 8.03. The Hall–Kier alpha value is -0.380. The zero-order valence-corrected chi connectivity index (χ0v) is 13.3. The average Bonchev–Trinajstić information content (AvgIpc) is 2.92. The predicted molar refractivity (Wildman–Crippen MR) is 83.3 cm³/mol. The Bertz CT molecular complexity index is 377. The van der Waals surface area contributed by atoms with Crippen molar-refractivity contribution < 1.29 is 4.74 Å². The lowest BCUT2D eigenvalue weighted by atomic mass is 10.1. The van der Waals surface area contributed by atoms with Crippen LogP contribution in [0, 0.1) is 5.92 Å². The van der Waals surface area contributed by atoms with E-state index in [4.69, 9.17) is 4.74 Å². The Morgan fingerprint density at radius 1 is 1.37 bits per heavy atom. The van der Waals surface area contributed by atoms with Crippen LogP contribution in [0.3, 0.4) is 0 Å². The van der Waals surface area contributed by atoms with Gasteiger partial charge in [0.1, 0.15) is 0 Å². The molecule has 3 heteroatoms. The lowest BCUT2D eigenvalue weighted by Crippen LogP contribution is -2.24. The van der Waals surface area contributed by atoms with Gasteiger partial charge in [-0.2, -0.15) is 0 Å². The number of nitrogens with one attached hydrogen (secondary N) is 1. The summed E-state index contributed by atoms with van der Waals surface area (Å²) < 4.78 is 7.31. The molecule has 1 unspecified atom stereocenters. The van der Waals surface area contributed by atoms with Crippen LogP contribution < -0.4 is 5.32 Å². The third-order valence-corrected chi connectivity index (χ3v) is 4.30. The molecule has 1 aliphatic rings. The molecule has 19 heavy (non-hydrogen) atoms. The first kappa shape index (κ1) is 15.0. The zero-order chi connectivity index (χ0) is 13.5. The highest BCUT2D eigenvalue weighted by molar-refractivity contribution is 9.10. The summed E-state index contributed by atoms with van der Waals surface area (Å²) in [6, 6.07) is 8.46. The first-order chi connectivity index (χ1) is 9.29. The molecular weight excluding hydrogens is 302 g/mol. The number of ether oxygens (including phenoxy) is 1. The fraction of sp³-hybridized carbons (Fsp3) is 0.625. The Labute approximate surface area is 125 Å². The van der Waals surface area contributed by atoms with Gasteiger partial charge in [-0.15, -0.1) is 0 Å². The Kier molecular flexibility index (Phi) is 6.35. The van der Waals surface area contributed by atoms with E-state index < -0.39 is 0 Å². The van der Waals surface area contributed by atoms with Gasteiger partial charge in [-0.25, -0.2) is 0 Å². The minimum absolute atomic E-state index is 0.165. The summed E-state index contributed by atoms with van der Waals surface area (Å²) in [5, 5.41) is 3.40. The molecule has 0 radical (unpaired) electrons. The Morgan fingerprint density at radius 2 is 2.16 bits per heavy atom. The molecule has 2 rings (SSSR count). The first-order valence-corrected chi connectivity index (χ1v) is 8.16. The van der Waals surface area contributed by atoms with Crippen LogP contribution in [0.4, 0.5) is 0 Å². The normalized spacial score (nSPS) is 17.8. The number of hydrogen-bond acceptors (Lipinski definition) is 2. The van der Waals surface area contributed by atoms with E-state index in [9.17, 15) is 0 Å². The van der Waals surface area contributed by atoms with Gasteiger partial charge in [0.05, 0.1) is 12.7 Å². The highest BCUT2D eigenvalue weighted by Gasteiger charge is 2.18. The summed E-state index contributed by atoms with van der Waals surface area (Å²) in [5.41, 5.74) is 1.26. The fourth-order valence-electron chi connectivity index (χ4n) is 2.68. The molecule has 0 saturated heterocycles. The van der Waals surface area contributed by atoms with Crippen molar-refractivity contribution in [3.63, 3.8) is 0 Å². The third-order valence-electron chi connectivity index (χ3n) is 3.81. The van der Waals surface area contributed by atoms with Crippen molar-refractivity contribution in [2.45, 2.75) is 38.7 Å². The van der Waals surface area contributed by atoms with Crippen molar-refractivity contribution in [2.24, 2.45) is 5.92 Å². The maximum absolute atomic E-state index is 6.19. The van der Waals surface area contributed by atoms with Gasteiger partial charge >= 0.3 is 0 Å². The molecule has 1 aromatic carbocycles. The van der Waals surface area contributed by atoms with Gasteiger partial charge in [0.2, 0.25) is 0 Å². The van der Waals surface area contributed by atoms with Gasteiger partial charge in [-0.1, -0.05) is 47.8 Å². The Morgan fingerprint density at radius 3 is 2.84 bits per heavy atom. The van der Waals surface area contributed by atoms with Crippen molar-refractivity contribution >= 4 is 15.9 Å². The van der Waals surface area contributed by atoms with E-state index >= 15 is 0 Å². The molecule has 0 heterocycles. The summed E-state index contributed by atoms with van der Waals surface area (Å²) >= 11 is 3.54. The van der Waals surface area contributed by atoms with E-state index in [0.717, 1.165) is 30.1 Å². The SMILES string of the molecule is CCNCC(OCC1CCCC1)c1cccc(Br)c1. The van der Waals surface area contributed by atoms with Crippen LogP contribution in [0.2, 0.25) is 0 Å². The van der Waals surface area contributed by atoms with Crippen LogP contribution >= 0.6 is 15.9 Å². The van der Waals surface area contributed by atoms with E-state index in [1.54, 1.807) is 0 Å². The highest BCUT2D eigenvalue weighted by Crippen LogP contribution is 2.27. The molecule has 1 saturated carbocycles. The van der Waals surface area contributed by atoms with Gasteiger partial charge in [-0.3, -0.25) is 0 Å². The van der Waals surface area contributed by atoms with E-state index in [-0.39, 0.29) is 6.10 Å². The summed E-state index contributed by atoms with van der Waals surface area (Å²) in [6.45, 7) is 4.91. The molecule has 0 bridgehead atoms. The number of likely N-dealkylation sites (N-methyl/N-ethyl adjacent to an activating group) is 1. The number of benzene rings is 1. The molecule has 1 aliphatic carbocycles. The summed E-state index contributed by atoms with van der Waals surface area (Å²) in [6.07, 6.45) is 5.60. The second-order valence-corrected chi connectivity index (χ2v) is 6.25. The lowest BCUT2D eigenvalue weighted by Gasteiger charge is -2.21. The van der Waals surface area contributed by atoms with Gasteiger partial charge in [0, 0.05) is 11.0 Å². The van der Waals surface area contributed by atoms with Crippen molar-refractivity contribution in [3.8, 4) is 0 Å². The first-order valence-electron chi connectivity index (χ1n) is 7.37. The molecule has 0 amide bonds. The molecule has 1 atom stereocenters. The van der Waals surface area contributed by atoms with Crippen LogP contribution in [0.25, 0.3) is 0 Å². The van der Waals surface area contributed by atoms with Crippen LogP contribution in [0.5, 0.6) is 0 Å². The van der Waals surface area contributed by atoms with Crippen LogP contribution in [-0.2, 0) is 4.74 Å². The molecule has 0 aliphatic heterocycles. The minimum Gasteiger partial charge on any atom is -0.372 e. The molecule has 2 nitrogen and oxygen atoms in total. The molecule has 1 fully saturated rings. The summed E-state index contributed by atoms with van der Waals surface area (Å²) in [4.78, 5) is 0. The Balaban J connectivity index is 1.94. The monoisotopic (exact) mass is 325 g/mol. The van der Waals surface area contributed by atoms with Crippen LogP contribution in [0.15, 0.2) is 28.7 Å². The maximum atomic E-state index is 6.19. The molecule has 0 spiro atoms. The van der Waals surface area contributed by atoms with E-state index in [2.05, 4.69) is 52.4 Å². The molecule has 1 aromatic rings. The summed E-state index contributed by atoms with van der Waals surface area (Å²) in [5.74, 6) is 0.774. The molecule has 106 valence electrons. The minimum atomic E-state index is 0.165. The zero-order valence-electron chi connectivity index (χ0n) is 11.7. The quantitative estimate of drug-likeness (QED) is 0.806. The average molecular weight is 326 g/mol. The van der Waals surface area contributed by atoms with Gasteiger partial charge in [0.25, 0.3) is 0 Å². The van der Waals surface area contributed by atoms with Crippen molar-refractivity contribution in [1.82, 2.24) is 5.32 Å². The largest absolute Gasteiger partial charge is 0.372 e. The third kappa shape index (κ3) is 4.90. The fourth-order valence-corrected chi connectivity index (χ4v) is 3.10. The number of rotatable bonds is 7. The highest BCUT2D eigenvalue weighted by atomic mass is 79.9. The van der Waals surface area contributed by atoms with Gasteiger partial charge in [0.15, 0.2) is 0 Å².